The number of rotatable bonds is 6. The fourth-order valence-electron chi connectivity index (χ4n) is 2.66. The number of aryl methyl sites for hydroxylation is 3. The monoisotopic (exact) mass is 370 g/mol. The fourth-order valence-corrected chi connectivity index (χ4v) is 3.57. The summed E-state index contributed by atoms with van der Waals surface area (Å²) in [4.78, 5) is 0.122. The smallest absolute Gasteiger partial charge is 0.340 e. The van der Waals surface area contributed by atoms with Crippen LogP contribution in [0, 0.1) is 13.8 Å². The van der Waals surface area contributed by atoms with Crippen LogP contribution in [0.3, 0.4) is 0 Å². The molecule has 0 saturated heterocycles. The van der Waals surface area contributed by atoms with Gasteiger partial charge in [0.05, 0.1) is 11.4 Å². The molecule has 0 N–H and O–H groups in total. The number of benzene rings is 2. The third kappa shape index (κ3) is 3.96. The molecular formula is C20H22N2O3S. The van der Waals surface area contributed by atoms with Crippen LogP contribution in [0.15, 0.2) is 59.5 Å². The van der Waals surface area contributed by atoms with E-state index in [-0.39, 0.29) is 10.8 Å². The van der Waals surface area contributed by atoms with Crippen LogP contribution in [0.2, 0.25) is 0 Å². The van der Waals surface area contributed by atoms with Gasteiger partial charge in [-0.25, -0.2) is 0 Å². The molecule has 0 saturated carbocycles. The summed E-state index contributed by atoms with van der Waals surface area (Å²) in [5.41, 5.74) is 3.60. The Morgan fingerprint density at radius 1 is 1.00 bits per heavy atom. The first-order valence-corrected chi connectivity index (χ1v) is 9.97. The normalized spacial score (nSPS) is 11.5. The van der Waals surface area contributed by atoms with E-state index in [1.54, 1.807) is 35.0 Å². The first-order valence-electron chi connectivity index (χ1n) is 8.56. The second-order valence-electron chi connectivity index (χ2n) is 6.33. The van der Waals surface area contributed by atoms with Gasteiger partial charge in [-0.3, -0.25) is 0 Å². The van der Waals surface area contributed by atoms with Crippen LogP contribution in [0.1, 0.15) is 30.2 Å². The van der Waals surface area contributed by atoms with E-state index in [9.17, 15) is 8.42 Å². The van der Waals surface area contributed by atoms with E-state index in [0.717, 1.165) is 35.3 Å². The zero-order valence-electron chi connectivity index (χ0n) is 15.1. The Balaban J connectivity index is 2.02. The third-order valence-electron chi connectivity index (χ3n) is 3.98. The fraction of sp³-hybridized carbons (Fsp3) is 0.250. The Labute approximate surface area is 154 Å². The van der Waals surface area contributed by atoms with Gasteiger partial charge in [0.2, 0.25) is 5.88 Å². The first-order chi connectivity index (χ1) is 12.4. The lowest BCUT2D eigenvalue weighted by molar-refractivity contribution is 0.465. The van der Waals surface area contributed by atoms with Crippen LogP contribution >= 0.6 is 0 Å². The van der Waals surface area contributed by atoms with E-state index < -0.39 is 10.1 Å². The molecule has 0 aliphatic heterocycles. The molecule has 0 atom stereocenters. The average Bonchev–Trinajstić information content (AvgIpc) is 2.97. The Morgan fingerprint density at radius 2 is 1.73 bits per heavy atom. The molecule has 1 heterocycles. The van der Waals surface area contributed by atoms with Gasteiger partial charge in [0.15, 0.2) is 0 Å². The van der Waals surface area contributed by atoms with Crippen LogP contribution in [0.4, 0.5) is 0 Å². The van der Waals surface area contributed by atoms with E-state index in [2.05, 4.69) is 12.0 Å². The quantitative estimate of drug-likeness (QED) is 0.610. The predicted molar refractivity (Wildman–Crippen MR) is 101 cm³/mol. The minimum Gasteiger partial charge on any atom is -0.358 e. The van der Waals surface area contributed by atoms with Crippen molar-refractivity contribution in [1.29, 1.82) is 0 Å². The maximum Gasteiger partial charge on any atom is 0.340 e. The Morgan fingerprint density at radius 3 is 2.38 bits per heavy atom. The molecule has 0 aliphatic carbocycles. The van der Waals surface area contributed by atoms with Crippen LogP contribution < -0.4 is 4.18 Å². The zero-order chi connectivity index (χ0) is 18.7. The van der Waals surface area contributed by atoms with Gasteiger partial charge in [0.1, 0.15) is 4.90 Å². The van der Waals surface area contributed by atoms with E-state index in [4.69, 9.17) is 4.18 Å². The van der Waals surface area contributed by atoms with E-state index in [1.165, 1.54) is 0 Å². The SMILES string of the molecule is CCCc1cc(OS(=O)(=O)c2ccc(C)cc2)n(-c2cccc(C)c2)n1. The standard InChI is InChI=1S/C20H22N2O3S/c1-4-6-17-14-20(22(21-17)18-8-5-7-16(3)13-18)25-26(23,24)19-11-9-15(2)10-12-19/h5,7-14H,4,6H2,1-3H3. The zero-order valence-corrected chi connectivity index (χ0v) is 16.0. The van der Waals surface area contributed by atoms with Crippen LogP contribution in [-0.4, -0.2) is 18.2 Å². The molecule has 1 aromatic heterocycles. The van der Waals surface area contributed by atoms with Crippen molar-refractivity contribution in [2.75, 3.05) is 0 Å². The molecule has 2 aromatic carbocycles. The summed E-state index contributed by atoms with van der Waals surface area (Å²) in [7, 11) is -3.93. The summed E-state index contributed by atoms with van der Waals surface area (Å²) in [5.74, 6) is 0.194. The van der Waals surface area contributed by atoms with Gasteiger partial charge < -0.3 is 4.18 Å². The lowest BCUT2D eigenvalue weighted by Gasteiger charge is -2.10. The van der Waals surface area contributed by atoms with Crippen molar-refractivity contribution in [1.82, 2.24) is 9.78 Å². The molecule has 0 radical (unpaired) electrons. The van der Waals surface area contributed by atoms with E-state index in [0.29, 0.717) is 0 Å². The van der Waals surface area contributed by atoms with Gasteiger partial charge >= 0.3 is 10.1 Å². The molecule has 0 unspecified atom stereocenters. The Kier molecular flexibility index (Phi) is 5.13. The van der Waals surface area contributed by atoms with Crippen molar-refractivity contribution in [3.8, 4) is 11.6 Å². The lowest BCUT2D eigenvalue weighted by atomic mass is 10.2. The molecule has 0 fully saturated rings. The van der Waals surface area contributed by atoms with Crippen LogP contribution in [-0.2, 0) is 16.5 Å². The van der Waals surface area contributed by atoms with Crippen LogP contribution in [0.5, 0.6) is 5.88 Å². The second-order valence-corrected chi connectivity index (χ2v) is 7.87. The van der Waals surface area contributed by atoms with Gasteiger partial charge in [-0.2, -0.15) is 18.2 Å². The molecule has 0 aliphatic rings. The molecule has 3 rings (SSSR count). The molecule has 3 aromatic rings. The van der Waals surface area contributed by atoms with Crippen molar-refractivity contribution in [2.45, 2.75) is 38.5 Å². The van der Waals surface area contributed by atoms with Gasteiger partial charge in [0.25, 0.3) is 0 Å². The number of hydrogen-bond acceptors (Lipinski definition) is 4. The van der Waals surface area contributed by atoms with E-state index in [1.807, 2.05) is 38.1 Å². The lowest BCUT2D eigenvalue weighted by Crippen LogP contribution is -2.12. The van der Waals surface area contributed by atoms with Crippen molar-refractivity contribution in [3.63, 3.8) is 0 Å². The molecule has 26 heavy (non-hydrogen) atoms. The van der Waals surface area contributed by atoms with Crippen molar-refractivity contribution in [3.05, 3.63) is 71.4 Å². The Hall–Kier alpha value is -2.60. The average molecular weight is 370 g/mol. The summed E-state index contributed by atoms with van der Waals surface area (Å²) in [6.45, 7) is 5.93. The summed E-state index contributed by atoms with van der Waals surface area (Å²) in [6, 6.07) is 16.0. The summed E-state index contributed by atoms with van der Waals surface area (Å²) in [5, 5.41) is 4.53. The number of aromatic nitrogens is 2. The highest BCUT2D eigenvalue weighted by Crippen LogP contribution is 2.25. The highest BCUT2D eigenvalue weighted by atomic mass is 32.2. The highest BCUT2D eigenvalue weighted by Gasteiger charge is 2.21. The minimum atomic E-state index is -3.93. The third-order valence-corrected chi connectivity index (χ3v) is 5.22. The molecule has 136 valence electrons. The van der Waals surface area contributed by atoms with Gasteiger partial charge in [-0.05, 0) is 50.1 Å². The molecule has 0 bridgehead atoms. The van der Waals surface area contributed by atoms with E-state index >= 15 is 0 Å². The number of hydrogen-bond donors (Lipinski definition) is 0. The van der Waals surface area contributed by atoms with Crippen molar-refractivity contribution in [2.24, 2.45) is 0 Å². The summed E-state index contributed by atoms with van der Waals surface area (Å²) >= 11 is 0. The van der Waals surface area contributed by atoms with Crippen LogP contribution in [0.25, 0.3) is 5.69 Å². The highest BCUT2D eigenvalue weighted by molar-refractivity contribution is 7.87. The molecule has 0 amide bonds. The molecule has 6 heteroatoms. The molecule has 5 nitrogen and oxygen atoms in total. The largest absolute Gasteiger partial charge is 0.358 e. The van der Waals surface area contributed by atoms with Crippen molar-refractivity contribution >= 4 is 10.1 Å². The second kappa shape index (κ2) is 7.33. The minimum absolute atomic E-state index is 0.122. The van der Waals surface area contributed by atoms with Gasteiger partial charge in [-0.15, -0.1) is 0 Å². The molecule has 0 spiro atoms. The van der Waals surface area contributed by atoms with Gasteiger partial charge in [-0.1, -0.05) is 43.2 Å². The topological polar surface area (TPSA) is 61.2 Å². The summed E-state index contributed by atoms with van der Waals surface area (Å²) < 4.78 is 32.3. The van der Waals surface area contributed by atoms with Crippen molar-refractivity contribution < 1.29 is 12.6 Å². The maximum atomic E-state index is 12.7. The maximum absolute atomic E-state index is 12.7. The first kappa shape index (κ1) is 18.2. The molecular weight excluding hydrogens is 348 g/mol. The Bertz CT molecular complexity index is 1010. The van der Waals surface area contributed by atoms with Gasteiger partial charge in [0, 0.05) is 6.07 Å². The summed E-state index contributed by atoms with van der Waals surface area (Å²) in [6.07, 6.45) is 1.66. The predicted octanol–water partition coefficient (Wildman–Crippen LogP) is 4.21. The number of nitrogens with zero attached hydrogens (tertiary/aromatic N) is 2.